The standard InChI is InChI=1S/C30H31N2O2.C14H16NSi.Ir/c1-29(2,3)28-32-23-10-9-21-20-7-6-8-22(25(20)33-26(21)27(23)34-28)24-17-19(13-16-31-24)18-11-14-30(4,5)15-12-18;1-16(2,3)13-9-10-14(15-11-13)12-7-5-4-6-8-12;/h6-7,9-10,13,16-18H,11-12,14-15H2,1-5H3;4-7,9-11H,1-3H3;/q2*-1;/i18D;;. The summed E-state index contributed by atoms with van der Waals surface area (Å²) in [7, 11) is -1.23. The van der Waals surface area contributed by atoms with Crippen LogP contribution in [-0.2, 0) is 25.5 Å². The smallest absolute Gasteiger partial charge is 0.201 e. The summed E-state index contributed by atoms with van der Waals surface area (Å²) in [6.45, 7) is 17.9. The summed E-state index contributed by atoms with van der Waals surface area (Å²) in [5.41, 5.74) is 7.70. The Balaban J connectivity index is 0.000000230. The maximum atomic E-state index is 9.21. The second kappa shape index (κ2) is 14.3. The molecule has 1 aliphatic carbocycles. The minimum atomic E-state index is -1.23. The first kappa shape index (κ1) is 35.5. The Hall–Kier alpha value is -3.90. The molecule has 1 saturated carbocycles. The zero-order valence-electron chi connectivity index (χ0n) is 31.9. The van der Waals surface area contributed by atoms with Gasteiger partial charge in [-0.3, -0.25) is 0 Å². The van der Waals surface area contributed by atoms with Crippen LogP contribution >= 0.6 is 0 Å². The minimum absolute atomic E-state index is 0. The molecule has 4 heterocycles. The van der Waals surface area contributed by atoms with Gasteiger partial charge in [0, 0.05) is 44.7 Å². The van der Waals surface area contributed by atoms with Crippen molar-refractivity contribution >= 4 is 46.3 Å². The summed E-state index contributed by atoms with van der Waals surface area (Å²) >= 11 is 0. The predicted octanol–water partition coefficient (Wildman–Crippen LogP) is 11.7. The summed E-state index contributed by atoms with van der Waals surface area (Å²) in [6, 6.07) is 30.8. The van der Waals surface area contributed by atoms with Gasteiger partial charge >= 0.3 is 0 Å². The third-order valence-electron chi connectivity index (χ3n) is 9.84. The van der Waals surface area contributed by atoms with Gasteiger partial charge in [-0.25, -0.2) is 4.98 Å². The Morgan fingerprint density at radius 3 is 2.25 bits per heavy atom. The molecule has 265 valence electrons. The van der Waals surface area contributed by atoms with Gasteiger partial charge in [-0.15, -0.1) is 54.1 Å². The molecule has 1 fully saturated rings. The molecule has 1 radical (unpaired) electrons. The van der Waals surface area contributed by atoms with E-state index in [4.69, 9.17) is 13.8 Å². The van der Waals surface area contributed by atoms with E-state index in [0.717, 1.165) is 75.6 Å². The van der Waals surface area contributed by atoms with E-state index in [1.165, 1.54) is 5.19 Å². The Morgan fingerprint density at radius 2 is 1.59 bits per heavy atom. The Morgan fingerprint density at radius 1 is 0.824 bits per heavy atom. The van der Waals surface area contributed by atoms with Crippen LogP contribution < -0.4 is 5.19 Å². The molecule has 0 aliphatic heterocycles. The van der Waals surface area contributed by atoms with Crippen LogP contribution in [0.3, 0.4) is 0 Å². The van der Waals surface area contributed by atoms with E-state index in [0.29, 0.717) is 22.5 Å². The van der Waals surface area contributed by atoms with E-state index < -0.39 is 14.0 Å². The fourth-order valence-corrected chi connectivity index (χ4v) is 7.59. The average Bonchev–Trinajstić information content (AvgIpc) is 3.73. The molecule has 0 atom stereocenters. The summed E-state index contributed by atoms with van der Waals surface area (Å²) in [6.07, 6.45) is 7.68. The molecular weight excluding hydrogens is 823 g/mol. The molecule has 3 aromatic carbocycles. The summed E-state index contributed by atoms with van der Waals surface area (Å²) < 4.78 is 21.9. The third-order valence-corrected chi connectivity index (χ3v) is 11.9. The van der Waals surface area contributed by atoms with Gasteiger partial charge in [0.1, 0.15) is 5.52 Å². The molecule has 0 saturated heterocycles. The van der Waals surface area contributed by atoms with Gasteiger partial charge in [0.15, 0.2) is 11.2 Å². The van der Waals surface area contributed by atoms with Crippen LogP contribution in [0.5, 0.6) is 0 Å². The number of benzene rings is 3. The van der Waals surface area contributed by atoms with Crippen molar-refractivity contribution in [3.05, 3.63) is 109 Å². The quantitative estimate of drug-likeness (QED) is 0.130. The molecule has 7 aromatic rings. The van der Waals surface area contributed by atoms with Gasteiger partial charge in [0.25, 0.3) is 0 Å². The number of hydrogen-bond donors (Lipinski definition) is 0. The molecule has 5 nitrogen and oxygen atoms in total. The second-order valence-corrected chi connectivity index (χ2v) is 21.5. The molecule has 7 heteroatoms. The second-order valence-electron chi connectivity index (χ2n) is 16.4. The van der Waals surface area contributed by atoms with Crippen molar-refractivity contribution < 1.29 is 30.3 Å². The van der Waals surface area contributed by atoms with Crippen LogP contribution in [0.1, 0.15) is 79.0 Å². The van der Waals surface area contributed by atoms with Crippen molar-refractivity contribution in [1.82, 2.24) is 15.0 Å². The monoisotopic (exact) mass is 871 g/mol. The summed E-state index contributed by atoms with van der Waals surface area (Å²) in [5, 5.41) is 3.38. The van der Waals surface area contributed by atoms with Gasteiger partial charge in [0.2, 0.25) is 5.89 Å². The van der Waals surface area contributed by atoms with Crippen molar-refractivity contribution in [2.24, 2.45) is 5.41 Å². The van der Waals surface area contributed by atoms with Crippen molar-refractivity contribution in [3.63, 3.8) is 0 Å². The fourth-order valence-electron chi connectivity index (χ4n) is 6.55. The predicted molar refractivity (Wildman–Crippen MR) is 209 cm³/mol. The normalized spacial score (nSPS) is 16.0. The Bertz CT molecular complexity index is 2320. The SMILES string of the molecule is C[Si](C)(C)c1ccc(-c2[c-]cccc2)nc1.[2H]C1(c2ccnc(-c3[c-]ccc4c3oc3c4ccc4nc(C(C)(C)C)oc43)c2)CCC(C)(C)CC1.[Ir]. The minimum Gasteiger partial charge on any atom is -0.497 e. The number of nitrogens with zero attached hydrogens (tertiary/aromatic N) is 3. The first-order chi connectivity index (χ1) is 24.1. The molecule has 8 rings (SSSR count). The largest absolute Gasteiger partial charge is 0.497 e. The van der Waals surface area contributed by atoms with E-state index in [2.05, 4.69) is 101 Å². The number of rotatable bonds is 4. The summed E-state index contributed by atoms with van der Waals surface area (Å²) in [5.74, 6) is 0.114. The van der Waals surface area contributed by atoms with Crippen molar-refractivity contribution in [2.75, 3.05) is 0 Å². The average molecular weight is 871 g/mol. The molecule has 0 bridgehead atoms. The zero-order valence-corrected chi connectivity index (χ0v) is 34.3. The molecule has 4 aromatic heterocycles. The number of pyridine rings is 2. The number of fused-ring (bicyclic) bond motifs is 5. The number of oxazole rings is 1. The van der Waals surface area contributed by atoms with E-state index in [1.807, 2.05) is 60.9 Å². The van der Waals surface area contributed by atoms with Crippen LogP contribution in [0.15, 0.2) is 94.0 Å². The Kier molecular flexibility index (Phi) is 9.92. The van der Waals surface area contributed by atoms with Crippen molar-refractivity contribution in [1.29, 1.82) is 0 Å². The van der Waals surface area contributed by atoms with Crippen molar-refractivity contribution in [3.8, 4) is 22.5 Å². The number of hydrogen-bond acceptors (Lipinski definition) is 5. The molecule has 0 unspecified atom stereocenters. The molecule has 51 heavy (non-hydrogen) atoms. The third kappa shape index (κ3) is 7.81. The van der Waals surface area contributed by atoms with Crippen LogP contribution in [-0.4, -0.2) is 23.0 Å². The number of furan rings is 1. The van der Waals surface area contributed by atoms with Gasteiger partial charge in [0.05, 0.1) is 13.7 Å². The zero-order chi connectivity index (χ0) is 36.2. The van der Waals surface area contributed by atoms with E-state index in [1.54, 1.807) is 0 Å². The topological polar surface area (TPSA) is 65.0 Å². The van der Waals surface area contributed by atoms with E-state index in [9.17, 15) is 1.37 Å². The van der Waals surface area contributed by atoms with E-state index >= 15 is 0 Å². The fraction of sp³-hybridized carbons (Fsp3) is 0.341. The van der Waals surface area contributed by atoms with E-state index in [-0.39, 0.29) is 25.5 Å². The van der Waals surface area contributed by atoms with Crippen LogP contribution in [0.4, 0.5) is 0 Å². The van der Waals surface area contributed by atoms with Gasteiger partial charge in [-0.2, -0.15) is 0 Å². The molecular formula is C44H47IrN3O2Si-2. The van der Waals surface area contributed by atoms with Gasteiger partial charge in [-0.1, -0.05) is 89.0 Å². The first-order valence-corrected chi connectivity index (χ1v) is 21.2. The Labute approximate surface area is 318 Å². The van der Waals surface area contributed by atoms with Gasteiger partial charge in [-0.05, 0) is 71.8 Å². The van der Waals surface area contributed by atoms with Crippen LogP contribution in [0, 0.1) is 17.5 Å². The molecule has 0 amide bonds. The maximum Gasteiger partial charge on any atom is 0.201 e. The summed E-state index contributed by atoms with van der Waals surface area (Å²) in [4.78, 5) is 13.9. The van der Waals surface area contributed by atoms with Crippen LogP contribution in [0.2, 0.25) is 19.6 Å². The molecule has 0 spiro atoms. The first-order valence-electron chi connectivity index (χ1n) is 18.2. The number of aromatic nitrogens is 3. The molecule has 0 N–H and O–H groups in total. The molecule has 1 aliphatic rings. The van der Waals surface area contributed by atoms with Crippen LogP contribution in [0.25, 0.3) is 55.6 Å². The maximum absolute atomic E-state index is 9.21. The van der Waals surface area contributed by atoms with Gasteiger partial charge < -0.3 is 18.8 Å². The van der Waals surface area contributed by atoms with Crippen molar-refractivity contribution in [2.45, 2.75) is 91.3 Å².